The molecular formula is C7H8ClNS. The Kier molecular flexibility index (Phi) is 2.46. The summed E-state index contributed by atoms with van der Waals surface area (Å²) in [6, 6.07) is 5.52. The van der Waals surface area contributed by atoms with Crippen LogP contribution in [0.5, 0.6) is 0 Å². The lowest BCUT2D eigenvalue weighted by Crippen LogP contribution is -1.87. The molecule has 0 fully saturated rings. The molecular weight excluding hydrogens is 166 g/mol. The van der Waals surface area contributed by atoms with Crippen molar-refractivity contribution >= 4 is 29.9 Å². The van der Waals surface area contributed by atoms with Crippen LogP contribution in [-0.4, -0.2) is 0 Å². The predicted molar refractivity (Wildman–Crippen MR) is 48.6 cm³/mol. The lowest BCUT2D eigenvalue weighted by molar-refractivity contribution is 1.43. The van der Waals surface area contributed by atoms with E-state index in [2.05, 4.69) is 12.6 Å². The van der Waals surface area contributed by atoms with Gasteiger partial charge in [0.25, 0.3) is 0 Å². The summed E-state index contributed by atoms with van der Waals surface area (Å²) >= 11 is 9.78. The molecule has 1 nitrogen and oxygen atoms in total. The Morgan fingerprint density at radius 3 is 2.70 bits per heavy atom. The van der Waals surface area contributed by atoms with Crippen LogP contribution >= 0.6 is 24.2 Å². The van der Waals surface area contributed by atoms with Gasteiger partial charge in [-0.3, -0.25) is 0 Å². The van der Waals surface area contributed by atoms with Crippen LogP contribution in [-0.2, 0) is 5.75 Å². The van der Waals surface area contributed by atoms with Gasteiger partial charge in [-0.1, -0.05) is 17.7 Å². The van der Waals surface area contributed by atoms with E-state index in [1.807, 2.05) is 12.1 Å². The Hall–Kier alpha value is -0.340. The number of nitrogen functional groups attached to an aromatic ring is 1. The minimum Gasteiger partial charge on any atom is -0.398 e. The van der Waals surface area contributed by atoms with Crippen molar-refractivity contribution < 1.29 is 0 Å². The fraction of sp³-hybridized carbons (Fsp3) is 0.143. The van der Waals surface area contributed by atoms with Crippen molar-refractivity contribution in [3.8, 4) is 0 Å². The predicted octanol–water partition coefficient (Wildman–Crippen LogP) is 2.35. The van der Waals surface area contributed by atoms with E-state index in [9.17, 15) is 0 Å². The summed E-state index contributed by atoms with van der Waals surface area (Å²) < 4.78 is 0. The van der Waals surface area contributed by atoms with Crippen molar-refractivity contribution in [1.82, 2.24) is 0 Å². The third kappa shape index (κ3) is 1.58. The maximum Gasteiger partial charge on any atom is 0.0635 e. The molecule has 0 aliphatic rings. The molecule has 0 aliphatic heterocycles. The monoisotopic (exact) mass is 173 g/mol. The largest absolute Gasteiger partial charge is 0.398 e. The Morgan fingerprint density at radius 1 is 1.50 bits per heavy atom. The molecule has 1 aromatic carbocycles. The van der Waals surface area contributed by atoms with Crippen LogP contribution in [0.4, 0.5) is 5.69 Å². The third-order valence-corrected chi connectivity index (χ3v) is 1.95. The zero-order chi connectivity index (χ0) is 7.56. The topological polar surface area (TPSA) is 26.0 Å². The molecule has 10 heavy (non-hydrogen) atoms. The van der Waals surface area contributed by atoms with E-state index in [-0.39, 0.29) is 0 Å². The van der Waals surface area contributed by atoms with Gasteiger partial charge in [-0.05, 0) is 17.7 Å². The van der Waals surface area contributed by atoms with Crippen molar-refractivity contribution in [1.29, 1.82) is 0 Å². The molecule has 0 saturated heterocycles. The molecule has 0 amide bonds. The fourth-order valence-corrected chi connectivity index (χ4v) is 1.01. The van der Waals surface area contributed by atoms with E-state index in [4.69, 9.17) is 17.3 Å². The number of hydrogen-bond acceptors (Lipinski definition) is 2. The number of hydrogen-bond donors (Lipinski definition) is 2. The minimum atomic E-state index is 0.602. The van der Waals surface area contributed by atoms with E-state index in [1.165, 1.54) is 0 Å². The van der Waals surface area contributed by atoms with Gasteiger partial charge < -0.3 is 5.73 Å². The normalized spacial score (nSPS) is 9.80. The van der Waals surface area contributed by atoms with Crippen molar-refractivity contribution in [2.45, 2.75) is 5.75 Å². The van der Waals surface area contributed by atoms with Gasteiger partial charge in [-0.15, -0.1) is 0 Å². The fourth-order valence-electron chi connectivity index (χ4n) is 0.692. The van der Waals surface area contributed by atoms with E-state index in [0.29, 0.717) is 16.5 Å². The van der Waals surface area contributed by atoms with E-state index < -0.39 is 0 Å². The summed E-state index contributed by atoms with van der Waals surface area (Å²) in [5, 5.41) is 0.602. The number of rotatable bonds is 1. The highest BCUT2D eigenvalue weighted by Crippen LogP contribution is 2.19. The van der Waals surface area contributed by atoms with E-state index in [0.717, 1.165) is 5.56 Å². The van der Waals surface area contributed by atoms with Gasteiger partial charge in [0.15, 0.2) is 0 Å². The number of halogens is 1. The Bertz CT molecular complexity index is 237. The number of nitrogens with two attached hydrogens (primary N) is 1. The molecule has 0 radical (unpaired) electrons. The molecule has 1 aromatic rings. The van der Waals surface area contributed by atoms with Gasteiger partial charge in [0.2, 0.25) is 0 Å². The van der Waals surface area contributed by atoms with Crippen LogP contribution in [0.1, 0.15) is 5.56 Å². The van der Waals surface area contributed by atoms with Gasteiger partial charge in [-0.2, -0.15) is 12.6 Å². The van der Waals surface area contributed by atoms with E-state index >= 15 is 0 Å². The average molecular weight is 174 g/mol. The second-order valence-corrected chi connectivity index (χ2v) is 2.74. The molecule has 0 aliphatic carbocycles. The van der Waals surface area contributed by atoms with Crippen LogP contribution in [0, 0.1) is 0 Å². The molecule has 3 heteroatoms. The summed E-state index contributed by atoms with van der Waals surface area (Å²) in [7, 11) is 0. The first-order valence-corrected chi connectivity index (χ1v) is 3.90. The van der Waals surface area contributed by atoms with Crippen LogP contribution in [0.15, 0.2) is 18.2 Å². The maximum atomic E-state index is 5.69. The van der Waals surface area contributed by atoms with E-state index in [1.54, 1.807) is 6.07 Å². The van der Waals surface area contributed by atoms with Gasteiger partial charge in [0.05, 0.1) is 10.7 Å². The molecule has 0 atom stereocenters. The van der Waals surface area contributed by atoms with Crippen LogP contribution in [0.2, 0.25) is 5.02 Å². The summed E-state index contributed by atoms with van der Waals surface area (Å²) in [5.74, 6) is 0.696. The van der Waals surface area contributed by atoms with Gasteiger partial charge in [0, 0.05) is 5.75 Å². The number of thiol groups is 1. The molecule has 0 heterocycles. The SMILES string of the molecule is Nc1cc(CS)ccc1Cl. The lowest BCUT2D eigenvalue weighted by atomic mass is 10.2. The molecule has 0 bridgehead atoms. The second kappa shape index (κ2) is 3.17. The number of benzene rings is 1. The summed E-state index contributed by atoms with van der Waals surface area (Å²) in [4.78, 5) is 0. The highest BCUT2D eigenvalue weighted by atomic mass is 35.5. The smallest absolute Gasteiger partial charge is 0.0635 e. The van der Waals surface area contributed by atoms with Crippen LogP contribution in [0.25, 0.3) is 0 Å². The van der Waals surface area contributed by atoms with Gasteiger partial charge in [-0.25, -0.2) is 0 Å². The van der Waals surface area contributed by atoms with Crippen molar-refractivity contribution in [3.05, 3.63) is 28.8 Å². The molecule has 0 aromatic heterocycles. The highest BCUT2D eigenvalue weighted by molar-refractivity contribution is 7.79. The van der Waals surface area contributed by atoms with Gasteiger partial charge in [0.1, 0.15) is 0 Å². The first-order valence-electron chi connectivity index (χ1n) is 2.89. The van der Waals surface area contributed by atoms with Crippen LogP contribution < -0.4 is 5.73 Å². The van der Waals surface area contributed by atoms with Gasteiger partial charge >= 0.3 is 0 Å². The molecule has 0 unspecified atom stereocenters. The second-order valence-electron chi connectivity index (χ2n) is 2.01. The molecule has 54 valence electrons. The molecule has 2 N–H and O–H groups in total. The first-order chi connectivity index (χ1) is 4.74. The van der Waals surface area contributed by atoms with Crippen molar-refractivity contribution in [3.63, 3.8) is 0 Å². The lowest BCUT2D eigenvalue weighted by Gasteiger charge is -1.99. The Morgan fingerprint density at radius 2 is 2.20 bits per heavy atom. The standard InChI is InChI=1S/C7H8ClNS/c8-6-2-1-5(4-10)3-7(6)9/h1-3,10H,4,9H2. The Balaban J connectivity index is 3.04. The zero-order valence-electron chi connectivity index (χ0n) is 5.34. The highest BCUT2D eigenvalue weighted by Gasteiger charge is 1.94. The first kappa shape index (κ1) is 7.76. The average Bonchev–Trinajstić information content (AvgIpc) is 1.95. The summed E-state index contributed by atoms with van der Waals surface area (Å²) in [5.41, 5.74) is 7.24. The maximum absolute atomic E-state index is 5.69. The molecule has 1 rings (SSSR count). The summed E-state index contributed by atoms with van der Waals surface area (Å²) in [6.07, 6.45) is 0. The quantitative estimate of drug-likeness (QED) is 0.495. The zero-order valence-corrected chi connectivity index (χ0v) is 6.99. The van der Waals surface area contributed by atoms with Crippen molar-refractivity contribution in [2.75, 3.05) is 5.73 Å². The number of anilines is 1. The summed E-state index contributed by atoms with van der Waals surface area (Å²) in [6.45, 7) is 0. The van der Waals surface area contributed by atoms with Crippen LogP contribution in [0.3, 0.4) is 0 Å². The third-order valence-electron chi connectivity index (χ3n) is 1.24. The van der Waals surface area contributed by atoms with Crippen molar-refractivity contribution in [2.24, 2.45) is 0 Å². The molecule has 0 saturated carbocycles. The molecule has 0 spiro atoms. The Labute approximate surface area is 70.6 Å². The minimum absolute atomic E-state index is 0.602.